The van der Waals surface area contributed by atoms with Crippen LogP contribution in [0.2, 0.25) is 0 Å². The number of aromatic nitrogens is 1. The minimum atomic E-state index is -1.01. The van der Waals surface area contributed by atoms with Gasteiger partial charge in [-0.2, -0.15) is 0 Å². The van der Waals surface area contributed by atoms with E-state index in [0.29, 0.717) is 10.2 Å². The first kappa shape index (κ1) is 11.7. The normalized spacial score (nSPS) is 10.2. The molecule has 0 unspecified atom stereocenters. The van der Waals surface area contributed by atoms with E-state index in [4.69, 9.17) is 9.84 Å². The molecule has 2 aromatic rings. The lowest BCUT2D eigenvalue weighted by atomic mass is 10.2. The largest absolute Gasteiger partial charge is 0.489 e. The maximum atomic E-state index is 10.9. The van der Waals surface area contributed by atoms with Crippen molar-refractivity contribution in [2.75, 3.05) is 0 Å². The summed E-state index contributed by atoms with van der Waals surface area (Å²) >= 11 is 3.16. The lowest BCUT2D eigenvalue weighted by Crippen LogP contribution is -2.00. The van der Waals surface area contributed by atoms with Gasteiger partial charge in [-0.15, -0.1) is 0 Å². The van der Waals surface area contributed by atoms with Crippen LogP contribution in [0, 0.1) is 0 Å². The van der Waals surface area contributed by atoms with Crippen molar-refractivity contribution in [3.63, 3.8) is 0 Å². The molecule has 17 heavy (non-hydrogen) atoms. The number of hydrogen-bond donors (Lipinski definition) is 1. The highest BCUT2D eigenvalue weighted by atomic mass is 79.9. The molecule has 0 amide bonds. The van der Waals surface area contributed by atoms with E-state index in [1.807, 2.05) is 0 Å². The van der Waals surface area contributed by atoms with Crippen molar-refractivity contribution in [2.45, 2.75) is 6.61 Å². The lowest BCUT2D eigenvalue weighted by molar-refractivity contribution is 0.0695. The molecule has 0 fully saturated rings. The van der Waals surface area contributed by atoms with Gasteiger partial charge in [-0.1, -0.05) is 5.16 Å². The number of carboxylic acids is 1. The molecule has 88 valence electrons. The minimum absolute atomic E-state index is 0.160. The second-order valence-electron chi connectivity index (χ2n) is 3.27. The van der Waals surface area contributed by atoms with Gasteiger partial charge < -0.3 is 14.4 Å². The Kier molecular flexibility index (Phi) is 3.43. The molecule has 0 aliphatic carbocycles. The van der Waals surface area contributed by atoms with E-state index < -0.39 is 5.97 Å². The summed E-state index contributed by atoms with van der Waals surface area (Å²) in [6.45, 7) is 0.282. The fraction of sp³-hybridized carbons (Fsp3) is 0.0909. The highest BCUT2D eigenvalue weighted by Gasteiger charge is 2.09. The van der Waals surface area contributed by atoms with Crippen LogP contribution >= 0.6 is 15.9 Å². The first-order chi connectivity index (χ1) is 8.16. The monoisotopic (exact) mass is 297 g/mol. The Balaban J connectivity index is 2.11. The zero-order valence-electron chi connectivity index (χ0n) is 8.59. The van der Waals surface area contributed by atoms with Crippen LogP contribution in [0.15, 0.2) is 39.7 Å². The summed E-state index contributed by atoms with van der Waals surface area (Å²) in [6.07, 6.45) is 3.01. The Bertz CT molecular complexity index is 524. The summed E-state index contributed by atoms with van der Waals surface area (Å²) in [5, 5.41) is 12.5. The van der Waals surface area contributed by atoms with Gasteiger partial charge in [-0.25, -0.2) is 4.79 Å². The number of aromatic carboxylic acids is 1. The van der Waals surface area contributed by atoms with Gasteiger partial charge in [0.25, 0.3) is 0 Å². The van der Waals surface area contributed by atoms with Crippen LogP contribution in [0.3, 0.4) is 0 Å². The van der Waals surface area contributed by atoms with E-state index in [1.54, 1.807) is 12.1 Å². The summed E-state index contributed by atoms with van der Waals surface area (Å²) in [6, 6.07) is 4.77. The van der Waals surface area contributed by atoms with Gasteiger partial charge in [-0.3, -0.25) is 0 Å². The third-order valence-corrected chi connectivity index (χ3v) is 2.75. The molecular formula is C11H8BrNO4. The van der Waals surface area contributed by atoms with Crippen LogP contribution in [0.25, 0.3) is 0 Å². The highest BCUT2D eigenvalue weighted by Crippen LogP contribution is 2.23. The fourth-order valence-corrected chi connectivity index (χ4v) is 1.64. The van der Waals surface area contributed by atoms with Gasteiger partial charge in [0.15, 0.2) is 0 Å². The molecule has 2 rings (SSSR count). The lowest BCUT2D eigenvalue weighted by Gasteiger charge is -2.06. The smallest absolute Gasteiger partial charge is 0.336 e. The summed E-state index contributed by atoms with van der Waals surface area (Å²) < 4.78 is 10.6. The molecule has 6 heteroatoms. The van der Waals surface area contributed by atoms with E-state index in [9.17, 15) is 4.79 Å². The topological polar surface area (TPSA) is 72.6 Å². The van der Waals surface area contributed by atoms with Crippen molar-refractivity contribution < 1.29 is 19.2 Å². The molecular weight excluding hydrogens is 290 g/mol. The predicted octanol–water partition coefficient (Wildman–Crippen LogP) is 2.71. The summed E-state index contributed by atoms with van der Waals surface area (Å²) in [4.78, 5) is 10.9. The average molecular weight is 298 g/mol. The standard InChI is InChI=1S/C11H8BrNO4/c12-10-2-1-8(3-9(10)11(14)15)16-5-7-4-13-17-6-7/h1-4,6H,5H2,(H,14,15). The number of halogens is 1. The summed E-state index contributed by atoms with van der Waals surface area (Å²) in [5.41, 5.74) is 0.942. The number of ether oxygens (including phenoxy) is 1. The van der Waals surface area contributed by atoms with Crippen molar-refractivity contribution in [3.8, 4) is 5.75 Å². The van der Waals surface area contributed by atoms with Crippen LogP contribution in [0.4, 0.5) is 0 Å². The molecule has 0 radical (unpaired) electrons. The van der Waals surface area contributed by atoms with Crippen LogP contribution < -0.4 is 4.74 Å². The highest BCUT2D eigenvalue weighted by molar-refractivity contribution is 9.10. The maximum Gasteiger partial charge on any atom is 0.336 e. The van der Waals surface area contributed by atoms with Crippen molar-refractivity contribution in [1.82, 2.24) is 5.16 Å². The third kappa shape index (κ3) is 2.85. The summed E-state index contributed by atoms with van der Waals surface area (Å²) in [5.74, 6) is -0.529. The molecule has 5 nitrogen and oxygen atoms in total. The van der Waals surface area contributed by atoms with Gasteiger partial charge in [0.2, 0.25) is 0 Å². The van der Waals surface area contributed by atoms with Crippen molar-refractivity contribution >= 4 is 21.9 Å². The molecule has 0 spiro atoms. The molecule has 0 atom stereocenters. The van der Waals surface area contributed by atoms with Crippen molar-refractivity contribution in [2.24, 2.45) is 0 Å². The first-order valence-electron chi connectivity index (χ1n) is 4.70. The number of hydrogen-bond acceptors (Lipinski definition) is 4. The molecule has 0 aliphatic rings. The van der Waals surface area contributed by atoms with Gasteiger partial charge in [-0.05, 0) is 34.1 Å². The number of benzene rings is 1. The average Bonchev–Trinajstić information content (AvgIpc) is 2.80. The SMILES string of the molecule is O=C(O)c1cc(OCc2cnoc2)ccc1Br. The third-order valence-electron chi connectivity index (χ3n) is 2.06. The molecule has 1 aromatic heterocycles. The van der Waals surface area contributed by atoms with E-state index in [1.165, 1.54) is 18.5 Å². The molecule has 1 aromatic carbocycles. The van der Waals surface area contributed by atoms with Gasteiger partial charge >= 0.3 is 5.97 Å². The Morgan fingerprint density at radius 1 is 1.53 bits per heavy atom. The van der Waals surface area contributed by atoms with E-state index in [-0.39, 0.29) is 12.2 Å². The Labute approximate surface area is 105 Å². The number of carbonyl (C=O) groups is 1. The van der Waals surface area contributed by atoms with E-state index >= 15 is 0 Å². The van der Waals surface area contributed by atoms with Gasteiger partial charge in [0.1, 0.15) is 18.6 Å². The predicted molar refractivity (Wildman–Crippen MR) is 61.9 cm³/mol. The molecule has 0 bridgehead atoms. The van der Waals surface area contributed by atoms with Gasteiger partial charge in [0.05, 0.1) is 11.8 Å². The second-order valence-corrected chi connectivity index (χ2v) is 4.12. The van der Waals surface area contributed by atoms with E-state index in [0.717, 1.165) is 5.56 Å². The van der Waals surface area contributed by atoms with E-state index in [2.05, 4.69) is 25.6 Å². The zero-order valence-corrected chi connectivity index (χ0v) is 10.2. The van der Waals surface area contributed by atoms with Crippen LogP contribution in [-0.2, 0) is 6.61 Å². The Morgan fingerprint density at radius 3 is 3.00 bits per heavy atom. The fourth-order valence-electron chi connectivity index (χ4n) is 1.22. The minimum Gasteiger partial charge on any atom is -0.489 e. The van der Waals surface area contributed by atoms with Crippen LogP contribution in [0.5, 0.6) is 5.75 Å². The Morgan fingerprint density at radius 2 is 2.35 bits per heavy atom. The zero-order chi connectivity index (χ0) is 12.3. The van der Waals surface area contributed by atoms with Crippen molar-refractivity contribution in [1.29, 1.82) is 0 Å². The maximum absolute atomic E-state index is 10.9. The number of carboxylic acid groups (broad SMARTS) is 1. The molecule has 0 saturated carbocycles. The number of rotatable bonds is 4. The first-order valence-corrected chi connectivity index (χ1v) is 5.50. The van der Waals surface area contributed by atoms with Crippen LogP contribution in [0.1, 0.15) is 15.9 Å². The molecule has 1 N–H and O–H groups in total. The van der Waals surface area contributed by atoms with Gasteiger partial charge in [0, 0.05) is 10.0 Å². The number of nitrogens with zero attached hydrogens (tertiary/aromatic N) is 1. The second kappa shape index (κ2) is 5.01. The molecule has 0 aliphatic heterocycles. The van der Waals surface area contributed by atoms with Crippen molar-refractivity contribution in [3.05, 3.63) is 46.3 Å². The molecule has 0 saturated heterocycles. The summed E-state index contributed by atoms with van der Waals surface area (Å²) in [7, 11) is 0. The molecule has 1 heterocycles. The Hall–Kier alpha value is -1.82. The quantitative estimate of drug-likeness (QED) is 0.939. The van der Waals surface area contributed by atoms with Crippen LogP contribution in [-0.4, -0.2) is 16.2 Å².